The van der Waals surface area contributed by atoms with Crippen LogP contribution in [0.25, 0.3) is 0 Å². The summed E-state index contributed by atoms with van der Waals surface area (Å²) in [4.78, 5) is 17.2. The third-order valence-electron chi connectivity index (χ3n) is 6.52. The Morgan fingerprint density at radius 3 is 2.09 bits per heavy atom. The average molecular weight is 483 g/mol. The number of likely N-dealkylation sites (tertiary alicyclic amines) is 2. The van der Waals surface area contributed by atoms with Gasteiger partial charge in [0.15, 0.2) is 0 Å². The Morgan fingerprint density at radius 2 is 1.55 bits per heavy atom. The number of carbonyl (C=O) groups is 1. The van der Waals surface area contributed by atoms with Crippen molar-refractivity contribution in [2.24, 2.45) is 11.8 Å². The first kappa shape index (κ1) is 23.9. The predicted octanol–water partition coefficient (Wildman–Crippen LogP) is 4.42. The molecule has 3 fully saturated rings. The van der Waals surface area contributed by atoms with Gasteiger partial charge in [0.25, 0.3) is 6.10 Å². The smallest absolute Gasteiger partial charge is 0.426 e. The van der Waals surface area contributed by atoms with E-state index >= 15 is 0 Å². The molecule has 3 heterocycles. The third kappa shape index (κ3) is 5.30. The van der Waals surface area contributed by atoms with Crippen LogP contribution >= 0.6 is 0 Å². The standard InChI is InChI=1S/C21H24F7N3O2/c22-16-4-3-13(17(7-16)30-5-1-2-6-30)8-29-9-14-11-31(12-15(14)10-29)19(32)33-18(20(23,24)25)21(26,27)28/h3-4,7,14-15,18H,1-2,5-6,8-12H2. The number of rotatable bonds is 4. The Labute approximate surface area is 186 Å². The monoisotopic (exact) mass is 483 g/mol. The van der Waals surface area contributed by atoms with Crippen LogP contribution in [0.4, 0.5) is 41.2 Å². The van der Waals surface area contributed by atoms with Gasteiger partial charge < -0.3 is 14.5 Å². The highest BCUT2D eigenvalue weighted by atomic mass is 19.4. The summed E-state index contributed by atoms with van der Waals surface area (Å²) >= 11 is 0. The van der Waals surface area contributed by atoms with E-state index in [1.54, 1.807) is 6.07 Å². The van der Waals surface area contributed by atoms with Crippen LogP contribution in [-0.4, -0.2) is 73.6 Å². The Bertz CT molecular complexity index is 842. The minimum absolute atomic E-state index is 0.0326. The maximum Gasteiger partial charge on any atom is 0.434 e. The van der Waals surface area contributed by atoms with E-state index in [2.05, 4.69) is 14.5 Å². The van der Waals surface area contributed by atoms with Crippen molar-refractivity contribution in [3.63, 3.8) is 0 Å². The van der Waals surface area contributed by atoms with Crippen molar-refractivity contribution in [3.8, 4) is 0 Å². The molecule has 0 aromatic heterocycles. The van der Waals surface area contributed by atoms with Crippen LogP contribution in [0.2, 0.25) is 0 Å². The fourth-order valence-corrected chi connectivity index (χ4v) is 5.03. The molecule has 0 spiro atoms. The van der Waals surface area contributed by atoms with E-state index < -0.39 is 24.5 Å². The highest BCUT2D eigenvalue weighted by Gasteiger charge is 2.60. The van der Waals surface area contributed by atoms with Gasteiger partial charge in [0.2, 0.25) is 0 Å². The number of benzene rings is 1. The summed E-state index contributed by atoms with van der Waals surface area (Å²) in [5, 5.41) is 0. The molecule has 1 aromatic rings. The minimum atomic E-state index is -5.73. The SMILES string of the molecule is O=C(OC(C(F)(F)F)C(F)(F)F)N1CC2CN(Cc3ccc(F)cc3N3CCCC3)CC2C1. The molecule has 0 aliphatic carbocycles. The molecule has 1 aromatic carbocycles. The fourth-order valence-electron chi connectivity index (χ4n) is 5.03. The highest BCUT2D eigenvalue weighted by Crippen LogP contribution is 2.38. The van der Waals surface area contributed by atoms with Crippen LogP contribution in [0.3, 0.4) is 0 Å². The summed E-state index contributed by atoms with van der Waals surface area (Å²) in [6.07, 6.45) is -15.1. The number of fused-ring (bicyclic) bond motifs is 1. The van der Waals surface area contributed by atoms with Crippen LogP contribution in [0, 0.1) is 17.7 Å². The molecule has 12 heteroatoms. The number of alkyl halides is 6. The van der Waals surface area contributed by atoms with Crippen molar-refractivity contribution in [2.45, 2.75) is 37.8 Å². The zero-order valence-electron chi connectivity index (χ0n) is 17.6. The van der Waals surface area contributed by atoms with Crippen LogP contribution in [0.1, 0.15) is 18.4 Å². The molecule has 33 heavy (non-hydrogen) atoms. The van der Waals surface area contributed by atoms with Gasteiger partial charge in [0.1, 0.15) is 5.82 Å². The van der Waals surface area contributed by atoms with E-state index in [4.69, 9.17) is 0 Å². The van der Waals surface area contributed by atoms with Crippen LogP contribution in [0.15, 0.2) is 18.2 Å². The molecule has 2 unspecified atom stereocenters. The van der Waals surface area contributed by atoms with Crippen LogP contribution in [-0.2, 0) is 11.3 Å². The molecule has 3 aliphatic heterocycles. The summed E-state index contributed by atoms with van der Waals surface area (Å²) in [6, 6.07) is 4.67. The van der Waals surface area contributed by atoms with Gasteiger partial charge >= 0.3 is 18.4 Å². The lowest BCUT2D eigenvalue weighted by molar-refractivity contribution is -0.308. The molecule has 3 aliphatic rings. The van der Waals surface area contributed by atoms with Crippen molar-refractivity contribution >= 4 is 11.8 Å². The third-order valence-corrected chi connectivity index (χ3v) is 6.52. The quantitative estimate of drug-likeness (QED) is 0.595. The topological polar surface area (TPSA) is 36.0 Å². The van der Waals surface area contributed by atoms with Crippen LogP contribution < -0.4 is 4.90 Å². The van der Waals surface area contributed by atoms with Crippen molar-refractivity contribution in [3.05, 3.63) is 29.6 Å². The number of hydrogen-bond acceptors (Lipinski definition) is 4. The largest absolute Gasteiger partial charge is 0.434 e. The van der Waals surface area contributed by atoms with Crippen molar-refractivity contribution in [2.75, 3.05) is 44.2 Å². The number of carbonyl (C=O) groups excluding carboxylic acids is 1. The highest BCUT2D eigenvalue weighted by molar-refractivity contribution is 5.68. The maximum atomic E-state index is 13.8. The maximum absolute atomic E-state index is 13.8. The van der Waals surface area contributed by atoms with Gasteiger partial charge in [-0.25, -0.2) is 9.18 Å². The molecule has 0 saturated carbocycles. The van der Waals surface area contributed by atoms with Crippen molar-refractivity contribution < 1.29 is 40.3 Å². The first-order valence-electron chi connectivity index (χ1n) is 10.8. The number of anilines is 1. The second kappa shape index (κ2) is 8.84. The lowest BCUT2D eigenvalue weighted by Crippen LogP contribution is -2.48. The zero-order valence-corrected chi connectivity index (χ0v) is 17.6. The van der Waals surface area contributed by atoms with Crippen molar-refractivity contribution in [1.29, 1.82) is 0 Å². The normalized spacial score (nSPS) is 24.1. The Morgan fingerprint density at radius 1 is 0.970 bits per heavy atom. The van der Waals surface area contributed by atoms with E-state index in [1.807, 2.05) is 0 Å². The lowest BCUT2D eigenvalue weighted by atomic mass is 10.0. The van der Waals surface area contributed by atoms with Gasteiger partial charge in [0, 0.05) is 51.5 Å². The molecule has 0 N–H and O–H groups in total. The van der Waals surface area contributed by atoms with E-state index in [0.717, 1.165) is 42.1 Å². The number of amides is 1. The Balaban J connectivity index is 1.35. The summed E-state index contributed by atoms with van der Waals surface area (Å²) in [5.74, 6) is -0.476. The molecule has 4 rings (SSSR count). The predicted molar refractivity (Wildman–Crippen MR) is 104 cm³/mol. The molecule has 3 saturated heterocycles. The summed E-state index contributed by atoms with van der Waals surface area (Å²) in [6.45, 7) is 3.40. The molecule has 184 valence electrons. The number of halogens is 7. The van der Waals surface area contributed by atoms with Gasteiger partial charge in [-0.2, -0.15) is 26.3 Å². The lowest BCUT2D eigenvalue weighted by Gasteiger charge is -2.27. The van der Waals surface area contributed by atoms with Gasteiger partial charge in [-0.3, -0.25) is 4.90 Å². The summed E-state index contributed by atoms with van der Waals surface area (Å²) in [7, 11) is 0. The second-order valence-electron chi connectivity index (χ2n) is 8.93. The fraction of sp³-hybridized carbons (Fsp3) is 0.667. The molecule has 2 atom stereocenters. The van der Waals surface area contributed by atoms with Gasteiger partial charge in [-0.1, -0.05) is 6.07 Å². The average Bonchev–Trinajstić information content (AvgIpc) is 3.41. The number of nitrogens with zero attached hydrogens (tertiary/aromatic N) is 3. The number of hydrogen-bond donors (Lipinski definition) is 0. The van der Waals surface area contributed by atoms with E-state index in [-0.39, 0.29) is 30.7 Å². The van der Waals surface area contributed by atoms with Crippen LogP contribution in [0.5, 0.6) is 0 Å². The second-order valence-corrected chi connectivity index (χ2v) is 8.93. The van der Waals surface area contributed by atoms with E-state index in [9.17, 15) is 35.5 Å². The van der Waals surface area contributed by atoms with Gasteiger partial charge in [-0.05, 0) is 42.4 Å². The zero-order chi connectivity index (χ0) is 24.0. The van der Waals surface area contributed by atoms with Gasteiger partial charge in [-0.15, -0.1) is 0 Å². The summed E-state index contributed by atoms with van der Waals surface area (Å²) < 4.78 is 93.7. The van der Waals surface area contributed by atoms with E-state index in [1.165, 1.54) is 12.1 Å². The van der Waals surface area contributed by atoms with Crippen molar-refractivity contribution in [1.82, 2.24) is 9.80 Å². The van der Waals surface area contributed by atoms with Gasteiger partial charge in [0.05, 0.1) is 0 Å². The molecule has 0 radical (unpaired) electrons. The molecular formula is C21H24F7N3O2. The molecular weight excluding hydrogens is 459 g/mol. The Hall–Kier alpha value is -2.24. The minimum Gasteiger partial charge on any atom is -0.426 e. The molecule has 1 amide bonds. The first-order chi connectivity index (χ1) is 15.4. The van der Waals surface area contributed by atoms with E-state index in [0.29, 0.717) is 19.6 Å². The number of ether oxygens (including phenoxy) is 1. The first-order valence-corrected chi connectivity index (χ1v) is 10.8. The Kier molecular flexibility index (Phi) is 6.41. The summed E-state index contributed by atoms with van der Waals surface area (Å²) in [5.41, 5.74) is 1.81. The molecule has 0 bridgehead atoms. The molecule has 5 nitrogen and oxygen atoms in total.